The molecule has 0 amide bonds. The van der Waals surface area contributed by atoms with Crippen LogP contribution >= 0.6 is 11.6 Å². The van der Waals surface area contributed by atoms with E-state index in [0.29, 0.717) is 0 Å². The third-order valence-electron chi connectivity index (χ3n) is 5.10. The molecule has 0 unspecified atom stereocenters. The maximum Gasteiger partial charge on any atom is 0.159 e. The summed E-state index contributed by atoms with van der Waals surface area (Å²) in [7, 11) is 3.29. The van der Waals surface area contributed by atoms with Crippen molar-refractivity contribution < 1.29 is 32.1 Å². The SMILES string of the molecule is [2H]/C(CN(C)C)=C(/[2H])C(=O)Cc1c(OCC)c([2H])c2nc([2H])c(C#N)c(Nc3c([2H])c([2H])c(OC([2H])([2H])c4nc(C)c([2H])c([2H])c4[2H])c(Cl)c3[2H])c2c1[2H]. The lowest BCUT2D eigenvalue weighted by molar-refractivity contribution is -0.114. The normalized spacial score (nSPS) is 16.5. The molecular formula is C32H32ClN5O3. The fourth-order valence-corrected chi connectivity index (χ4v) is 3.53. The number of ketones is 1. The Morgan fingerprint density at radius 1 is 1.24 bits per heavy atom. The molecule has 0 saturated carbocycles. The summed E-state index contributed by atoms with van der Waals surface area (Å²) in [6.45, 7) is -0.201. The van der Waals surface area contributed by atoms with E-state index < -0.39 is 113 Å². The Kier molecular flexibility index (Phi) is 5.61. The number of rotatable bonds is 12. The smallest absolute Gasteiger partial charge is 0.159 e. The van der Waals surface area contributed by atoms with Crippen LogP contribution in [0.1, 0.15) is 47.3 Å². The molecule has 1 N–H and O–H groups in total. The van der Waals surface area contributed by atoms with Gasteiger partial charge in [-0.05, 0) is 70.2 Å². The molecule has 4 aromatic rings. The van der Waals surface area contributed by atoms with Gasteiger partial charge >= 0.3 is 0 Å². The van der Waals surface area contributed by atoms with Gasteiger partial charge in [0.1, 0.15) is 24.1 Å². The number of allylic oxidation sites excluding steroid dienone is 1. The quantitative estimate of drug-likeness (QED) is 0.191. The zero-order chi connectivity index (χ0) is 40.7. The number of hydrogen-bond donors (Lipinski definition) is 1. The number of nitriles is 1. The number of nitrogens with one attached hydrogen (secondary N) is 1. The van der Waals surface area contributed by atoms with E-state index in [1.54, 1.807) is 32.0 Å². The van der Waals surface area contributed by atoms with Crippen LogP contribution < -0.4 is 14.8 Å². The third kappa shape index (κ3) is 7.82. The molecular weight excluding hydrogens is 538 g/mol. The molecule has 41 heavy (non-hydrogen) atoms. The van der Waals surface area contributed by atoms with Crippen molar-refractivity contribution in [3.63, 3.8) is 0 Å². The number of carbonyl (C=O) groups is 1. The molecule has 0 bridgehead atoms. The predicted octanol–water partition coefficient (Wildman–Crippen LogP) is 6.41. The molecule has 0 aliphatic rings. The van der Waals surface area contributed by atoms with Gasteiger partial charge in [-0.1, -0.05) is 23.7 Å². The third-order valence-corrected chi connectivity index (χ3v) is 5.36. The fourth-order valence-electron chi connectivity index (χ4n) is 3.35. The van der Waals surface area contributed by atoms with Crippen LogP contribution in [0.25, 0.3) is 10.9 Å². The van der Waals surface area contributed by atoms with Gasteiger partial charge in [0.05, 0.1) is 51.9 Å². The summed E-state index contributed by atoms with van der Waals surface area (Å²) in [5.41, 5.74) is -2.87. The van der Waals surface area contributed by atoms with Crippen LogP contribution in [-0.4, -0.2) is 47.9 Å². The van der Waals surface area contributed by atoms with Crippen LogP contribution in [0.15, 0.2) is 66.6 Å². The topological polar surface area (TPSA) is 100 Å². The molecule has 2 aromatic heterocycles. The summed E-state index contributed by atoms with van der Waals surface area (Å²) >= 11 is 6.43. The van der Waals surface area contributed by atoms with E-state index in [2.05, 4.69) is 15.3 Å². The molecule has 210 valence electrons. The molecule has 0 atom stereocenters. The first-order valence-corrected chi connectivity index (χ1v) is 12.5. The highest BCUT2D eigenvalue weighted by atomic mass is 35.5. The average molecular weight is 583 g/mol. The van der Waals surface area contributed by atoms with Crippen molar-refractivity contribution in [2.24, 2.45) is 0 Å². The molecule has 0 aliphatic carbocycles. The summed E-state index contributed by atoms with van der Waals surface area (Å²) in [6, 6.07) is -4.50. The van der Waals surface area contributed by atoms with Gasteiger partial charge in [-0.2, -0.15) is 5.26 Å². The molecule has 0 radical (unpaired) electrons. The van der Waals surface area contributed by atoms with Gasteiger partial charge in [-0.15, -0.1) is 0 Å². The Morgan fingerprint density at radius 3 is 2.83 bits per heavy atom. The highest BCUT2D eigenvalue weighted by molar-refractivity contribution is 6.32. The van der Waals surface area contributed by atoms with E-state index in [9.17, 15) is 10.1 Å². The predicted molar refractivity (Wildman–Crippen MR) is 162 cm³/mol. The van der Waals surface area contributed by atoms with Crippen molar-refractivity contribution in [2.45, 2.75) is 26.8 Å². The van der Waals surface area contributed by atoms with Crippen LogP contribution in [0.3, 0.4) is 0 Å². The highest BCUT2D eigenvalue weighted by Crippen LogP contribution is 2.36. The van der Waals surface area contributed by atoms with Gasteiger partial charge in [0.25, 0.3) is 0 Å². The van der Waals surface area contributed by atoms with Crippen molar-refractivity contribution in [3.05, 3.63) is 94.2 Å². The number of aromatic nitrogens is 2. The molecule has 8 nitrogen and oxygen atoms in total. The largest absolute Gasteiger partial charge is 0.494 e. The number of carbonyl (C=O) groups excluding carboxylic acids is 1. The van der Waals surface area contributed by atoms with Crippen LogP contribution in [0, 0.1) is 18.3 Å². The fraction of sp³-hybridized carbons (Fsp3) is 0.250. The first-order valence-electron chi connectivity index (χ1n) is 18.6. The number of halogens is 1. The van der Waals surface area contributed by atoms with E-state index in [0.717, 1.165) is 0 Å². The number of pyridine rings is 2. The summed E-state index contributed by atoms with van der Waals surface area (Å²) in [5.74, 6) is -1.96. The van der Waals surface area contributed by atoms with Crippen molar-refractivity contribution in [2.75, 3.05) is 32.6 Å². The molecule has 0 spiro atoms. The number of benzene rings is 2. The molecule has 2 heterocycles. The first kappa shape index (κ1) is 16.7. The Bertz CT molecular complexity index is 2270. The van der Waals surface area contributed by atoms with Crippen LogP contribution in [0.4, 0.5) is 11.4 Å². The van der Waals surface area contributed by atoms with E-state index in [1.807, 2.05) is 0 Å². The second kappa shape index (κ2) is 13.8. The van der Waals surface area contributed by atoms with E-state index in [-0.39, 0.29) is 47.1 Å². The molecule has 0 saturated heterocycles. The van der Waals surface area contributed by atoms with E-state index >= 15 is 0 Å². The second-order valence-corrected chi connectivity index (χ2v) is 8.96. The minimum atomic E-state index is -3.05. The number of aryl methyl sites for hydroxylation is 1. The van der Waals surface area contributed by atoms with E-state index in [1.165, 1.54) is 6.92 Å². The van der Waals surface area contributed by atoms with Crippen LogP contribution in [0.5, 0.6) is 11.5 Å². The van der Waals surface area contributed by atoms with Gasteiger partial charge < -0.3 is 19.7 Å². The van der Waals surface area contributed by atoms with Gasteiger partial charge in [-0.3, -0.25) is 14.8 Å². The molecule has 2 aromatic carbocycles. The lowest BCUT2D eigenvalue weighted by atomic mass is 10.0. The van der Waals surface area contributed by atoms with Crippen molar-refractivity contribution >= 4 is 39.7 Å². The zero-order valence-electron chi connectivity index (χ0n) is 35.5. The maximum atomic E-state index is 13.2. The first-order chi connectivity index (χ1) is 25.1. The number of ether oxygens (including phenoxy) is 2. The Balaban J connectivity index is 1.95. The van der Waals surface area contributed by atoms with Crippen LogP contribution in [-0.2, 0) is 17.8 Å². The molecule has 0 aliphatic heterocycles. The van der Waals surface area contributed by atoms with Crippen molar-refractivity contribution in [3.8, 4) is 17.6 Å². The Labute approximate surface area is 263 Å². The summed E-state index contributed by atoms with van der Waals surface area (Å²) in [6.07, 6.45) is -1.37. The lowest BCUT2D eigenvalue weighted by Crippen LogP contribution is -2.11. The number of hydrogen-bond acceptors (Lipinski definition) is 8. The minimum Gasteiger partial charge on any atom is -0.494 e. The van der Waals surface area contributed by atoms with E-state index in [4.69, 9.17) is 38.9 Å². The number of fused-ring (bicyclic) bond motifs is 1. The van der Waals surface area contributed by atoms with Crippen LogP contribution in [0.2, 0.25) is 5.02 Å². The summed E-state index contributed by atoms with van der Waals surface area (Å²) in [5, 5.41) is 11.7. The average Bonchev–Trinajstić information content (AvgIpc) is 3.10. The Morgan fingerprint density at radius 2 is 2.07 bits per heavy atom. The van der Waals surface area contributed by atoms with Crippen molar-refractivity contribution in [1.82, 2.24) is 14.9 Å². The molecule has 0 fully saturated rings. The maximum absolute atomic E-state index is 13.2. The zero-order valence-corrected chi connectivity index (χ0v) is 23.3. The molecule has 4 rings (SSSR count). The van der Waals surface area contributed by atoms with Gasteiger partial charge in [0, 0.05) is 47.5 Å². The van der Waals surface area contributed by atoms with Gasteiger partial charge in [0.2, 0.25) is 0 Å². The minimum absolute atomic E-state index is 0.0266. The van der Waals surface area contributed by atoms with Crippen molar-refractivity contribution in [1.29, 1.82) is 5.26 Å². The summed E-state index contributed by atoms with van der Waals surface area (Å²) in [4.78, 5) is 22.7. The second-order valence-electron chi connectivity index (χ2n) is 8.58. The lowest BCUT2D eigenvalue weighted by Gasteiger charge is -2.16. The highest BCUT2D eigenvalue weighted by Gasteiger charge is 2.16. The number of nitrogens with zero attached hydrogens (tertiary/aromatic N) is 4. The Hall–Kier alpha value is -4.45. The monoisotopic (exact) mass is 582 g/mol. The number of likely N-dealkylation sites (N-methyl/N-ethyl adjacent to an activating group) is 1. The summed E-state index contributed by atoms with van der Waals surface area (Å²) < 4.78 is 121. The molecule has 9 heteroatoms. The number of anilines is 2. The van der Waals surface area contributed by atoms with Gasteiger partial charge in [0.15, 0.2) is 5.78 Å². The standard InChI is InChI=1S/C32H32ClN5O3/c1-5-40-31-17-29-27(15-22(31)14-26(39)10-7-13-38(3)4)32(23(18-34)19-35-29)37-24-11-12-30(28(33)16-24)41-20-25-9-6-8-21(2)36-25/h6-12,15-17,19H,5,13-14,20H2,1-4H3,(H,35,37)/b10-7+/i6D,7D,8D,9D,10D,11D,12D,15D,16D,17D,19D,20D2. The van der Waals surface area contributed by atoms with Gasteiger partial charge in [-0.25, -0.2) is 0 Å².